The Morgan fingerprint density at radius 1 is 1.09 bits per heavy atom. The number of carbonyl (C=O) groups excluding carboxylic acids is 1. The number of anilines is 1. The second kappa shape index (κ2) is 11.0. The summed E-state index contributed by atoms with van der Waals surface area (Å²) in [5.41, 5.74) is 2.38. The average Bonchev–Trinajstić information content (AvgIpc) is 2.79. The average molecular weight is 483 g/mol. The molecular formula is C27H35ClN4O2. The normalized spacial score (nSPS) is 12.4. The Labute approximate surface area is 206 Å². The maximum atomic E-state index is 13.5. The van der Waals surface area contributed by atoms with Crippen molar-refractivity contribution in [3.63, 3.8) is 0 Å². The first-order chi connectivity index (χ1) is 16.2. The van der Waals surface area contributed by atoms with Gasteiger partial charge in [0.2, 0.25) is 0 Å². The van der Waals surface area contributed by atoms with Crippen LogP contribution in [0.1, 0.15) is 71.3 Å². The minimum Gasteiger partial charge on any atom is -0.314 e. The van der Waals surface area contributed by atoms with Gasteiger partial charge in [0.1, 0.15) is 5.82 Å². The number of hydrogen-bond donors (Lipinski definition) is 1. The number of urea groups is 1. The number of amides is 2. The third-order valence-corrected chi connectivity index (χ3v) is 6.21. The van der Waals surface area contributed by atoms with Crippen LogP contribution < -0.4 is 10.9 Å². The summed E-state index contributed by atoms with van der Waals surface area (Å²) in [7, 11) is 0. The smallest absolute Gasteiger partial charge is 0.314 e. The summed E-state index contributed by atoms with van der Waals surface area (Å²) in [5.74, 6) is 1.24. The number of fused-ring (bicyclic) bond motifs is 1. The molecule has 1 unspecified atom stereocenters. The fourth-order valence-electron chi connectivity index (χ4n) is 4.21. The van der Waals surface area contributed by atoms with Crippen LogP contribution in [0.2, 0.25) is 5.02 Å². The van der Waals surface area contributed by atoms with Crippen LogP contribution in [0.25, 0.3) is 10.9 Å². The first kappa shape index (κ1) is 25.8. The van der Waals surface area contributed by atoms with Gasteiger partial charge in [-0.1, -0.05) is 58.4 Å². The second-order valence-electron chi connectivity index (χ2n) is 9.36. The molecule has 0 fully saturated rings. The number of benzene rings is 2. The third-order valence-electron chi connectivity index (χ3n) is 5.98. The number of nitrogens with one attached hydrogen (secondary N) is 1. The molecular weight excluding hydrogens is 448 g/mol. The van der Waals surface area contributed by atoms with Crippen LogP contribution in [0.15, 0.2) is 47.3 Å². The van der Waals surface area contributed by atoms with E-state index in [2.05, 4.69) is 33.0 Å². The van der Waals surface area contributed by atoms with Crippen molar-refractivity contribution in [2.45, 2.75) is 66.5 Å². The molecule has 2 aromatic carbocycles. The first-order valence-corrected chi connectivity index (χ1v) is 12.4. The van der Waals surface area contributed by atoms with Crippen LogP contribution >= 0.6 is 11.6 Å². The number of halogens is 1. The highest BCUT2D eigenvalue weighted by atomic mass is 35.5. The molecule has 0 aliphatic rings. The molecule has 7 heteroatoms. The Kier molecular flexibility index (Phi) is 8.37. The molecule has 0 spiro atoms. The van der Waals surface area contributed by atoms with E-state index in [1.807, 2.05) is 38.1 Å². The van der Waals surface area contributed by atoms with E-state index in [0.717, 1.165) is 5.69 Å². The van der Waals surface area contributed by atoms with Crippen molar-refractivity contribution >= 4 is 34.2 Å². The zero-order valence-corrected chi connectivity index (χ0v) is 21.7. The molecule has 0 saturated carbocycles. The number of aromatic nitrogens is 2. The van der Waals surface area contributed by atoms with Crippen molar-refractivity contribution in [1.29, 1.82) is 0 Å². The number of hydrogen-bond acceptors (Lipinski definition) is 3. The van der Waals surface area contributed by atoms with Gasteiger partial charge in [-0.25, -0.2) is 9.78 Å². The second-order valence-corrected chi connectivity index (χ2v) is 9.79. The van der Waals surface area contributed by atoms with Crippen molar-refractivity contribution in [2.75, 3.05) is 11.9 Å². The molecule has 0 aliphatic heterocycles. The standard InChI is InChI=1S/C27H35ClN4O2/c1-7-24(25-30-23-15-20(28)11-14-22(23)26(33)31(25)8-2)32(16-17(3)4)27(34)29-21-12-9-19(10-13-21)18(5)6/h9-15,17-18,24H,7-8,16H2,1-6H3,(H,29,34). The maximum Gasteiger partial charge on any atom is 0.322 e. The van der Waals surface area contributed by atoms with Gasteiger partial charge in [-0.15, -0.1) is 0 Å². The quantitative estimate of drug-likeness (QED) is 0.382. The highest BCUT2D eigenvalue weighted by molar-refractivity contribution is 6.31. The van der Waals surface area contributed by atoms with Crippen LogP contribution in [0.4, 0.5) is 10.5 Å². The van der Waals surface area contributed by atoms with Gasteiger partial charge < -0.3 is 10.2 Å². The molecule has 0 bridgehead atoms. The Bertz CT molecular complexity index is 1200. The van der Waals surface area contributed by atoms with E-state index in [0.29, 0.717) is 47.2 Å². The lowest BCUT2D eigenvalue weighted by molar-refractivity contribution is 0.170. The predicted octanol–water partition coefficient (Wildman–Crippen LogP) is 6.83. The lowest BCUT2D eigenvalue weighted by Gasteiger charge is -2.33. The molecule has 3 rings (SSSR count). The SMILES string of the molecule is CCC(c1nc2cc(Cl)ccc2c(=O)n1CC)N(CC(C)C)C(=O)Nc1ccc(C(C)C)cc1. The predicted molar refractivity (Wildman–Crippen MR) is 141 cm³/mol. The molecule has 1 N–H and O–H groups in total. The monoisotopic (exact) mass is 482 g/mol. The summed E-state index contributed by atoms with van der Waals surface area (Å²) in [6.07, 6.45) is 0.616. The van der Waals surface area contributed by atoms with Gasteiger partial charge in [0.15, 0.2) is 0 Å². The van der Waals surface area contributed by atoms with Crippen LogP contribution in [0.5, 0.6) is 0 Å². The van der Waals surface area contributed by atoms with Crippen molar-refractivity contribution in [3.05, 3.63) is 69.2 Å². The zero-order chi connectivity index (χ0) is 25.0. The molecule has 0 radical (unpaired) electrons. The van der Waals surface area contributed by atoms with Crippen LogP contribution in [-0.4, -0.2) is 27.0 Å². The summed E-state index contributed by atoms with van der Waals surface area (Å²) in [4.78, 5) is 33.4. The molecule has 1 heterocycles. The van der Waals surface area contributed by atoms with Gasteiger partial charge in [-0.3, -0.25) is 9.36 Å². The molecule has 0 saturated heterocycles. The van der Waals surface area contributed by atoms with E-state index in [-0.39, 0.29) is 23.6 Å². The number of rotatable bonds is 8. The Morgan fingerprint density at radius 2 is 1.76 bits per heavy atom. The van der Waals surface area contributed by atoms with E-state index in [9.17, 15) is 9.59 Å². The number of nitrogens with zero attached hydrogens (tertiary/aromatic N) is 3. The Morgan fingerprint density at radius 3 is 2.32 bits per heavy atom. The van der Waals surface area contributed by atoms with Crippen molar-refractivity contribution in [1.82, 2.24) is 14.5 Å². The van der Waals surface area contributed by atoms with Gasteiger partial charge >= 0.3 is 6.03 Å². The van der Waals surface area contributed by atoms with Gasteiger partial charge in [-0.2, -0.15) is 0 Å². The Hall–Kier alpha value is -2.86. The highest BCUT2D eigenvalue weighted by Crippen LogP contribution is 2.27. The summed E-state index contributed by atoms with van der Waals surface area (Å²) in [6.45, 7) is 13.4. The van der Waals surface area contributed by atoms with E-state index >= 15 is 0 Å². The summed E-state index contributed by atoms with van der Waals surface area (Å²) in [6, 6.07) is 12.5. The summed E-state index contributed by atoms with van der Waals surface area (Å²) in [5, 5.41) is 4.09. The molecule has 34 heavy (non-hydrogen) atoms. The molecule has 182 valence electrons. The fraction of sp³-hybridized carbons (Fsp3) is 0.444. The van der Waals surface area contributed by atoms with Crippen molar-refractivity contribution < 1.29 is 4.79 Å². The van der Waals surface area contributed by atoms with Crippen molar-refractivity contribution in [2.24, 2.45) is 5.92 Å². The molecule has 3 aromatic rings. The van der Waals surface area contributed by atoms with E-state index in [1.54, 1.807) is 27.7 Å². The largest absolute Gasteiger partial charge is 0.322 e. The van der Waals surface area contributed by atoms with Gasteiger partial charge in [0.05, 0.1) is 16.9 Å². The molecule has 2 amide bonds. The summed E-state index contributed by atoms with van der Waals surface area (Å²) >= 11 is 6.19. The minimum atomic E-state index is -0.367. The lowest BCUT2D eigenvalue weighted by atomic mass is 10.0. The van der Waals surface area contributed by atoms with E-state index in [1.165, 1.54) is 5.56 Å². The first-order valence-electron chi connectivity index (χ1n) is 12.0. The van der Waals surface area contributed by atoms with E-state index < -0.39 is 0 Å². The Balaban J connectivity index is 2.04. The van der Waals surface area contributed by atoms with E-state index in [4.69, 9.17) is 16.6 Å². The van der Waals surface area contributed by atoms with Crippen LogP contribution in [-0.2, 0) is 6.54 Å². The highest BCUT2D eigenvalue weighted by Gasteiger charge is 2.29. The topological polar surface area (TPSA) is 67.2 Å². The molecule has 0 aliphatic carbocycles. The lowest BCUT2D eigenvalue weighted by Crippen LogP contribution is -2.42. The van der Waals surface area contributed by atoms with Gasteiger partial charge in [0.25, 0.3) is 5.56 Å². The molecule has 6 nitrogen and oxygen atoms in total. The minimum absolute atomic E-state index is 0.119. The fourth-order valence-corrected chi connectivity index (χ4v) is 4.37. The maximum absolute atomic E-state index is 13.5. The molecule has 1 aromatic heterocycles. The molecule has 1 atom stereocenters. The zero-order valence-electron chi connectivity index (χ0n) is 20.9. The van der Waals surface area contributed by atoms with Crippen molar-refractivity contribution in [3.8, 4) is 0 Å². The number of carbonyl (C=O) groups is 1. The van der Waals surface area contributed by atoms with Gasteiger partial charge in [0, 0.05) is 23.8 Å². The van der Waals surface area contributed by atoms with Crippen LogP contribution in [0.3, 0.4) is 0 Å². The van der Waals surface area contributed by atoms with Crippen LogP contribution in [0, 0.1) is 5.92 Å². The summed E-state index contributed by atoms with van der Waals surface area (Å²) < 4.78 is 1.67. The van der Waals surface area contributed by atoms with Gasteiger partial charge in [-0.05, 0) is 61.1 Å². The third kappa shape index (κ3) is 5.61.